The highest BCUT2D eigenvalue weighted by Gasteiger charge is 2.23. The van der Waals surface area contributed by atoms with E-state index in [-0.39, 0.29) is 35.4 Å². The summed E-state index contributed by atoms with van der Waals surface area (Å²) in [6.07, 6.45) is 1.59. The maximum atomic E-state index is 14.6. The summed E-state index contributed by atoms with van der Waals surface area (Å²) >= 11 is 0. The summed E-state index contributed by atoms with van der Waals surface area (Å²) in [4.78, 5) is 7.38. The average molecular weight is 319 g/mol. The molecule has 1 aromatic carbocycles. The Bertz CT molecular complexity index is 773. The average Bonchev–Trinajstić information content (AvgIpc) is 2.49. The molecule has 0 bridgehead atoms. The summed E-state index contributed by atoms with van der Waals surface area (Å²) in [6, 6.07) is 3.96. The van der Waals surface area contributed by atoms with E-state index in [1.807, 2.05) is 6.92 Å². The molecular weight excluding hydrogens is 304 g/mol. The summed E-state index contributed by atoms with van der Waals surface area (Å²) in [5, 5.41) is 9.15. The van der Waals surface area contributed by atoms with Crippen molar-refractivity contribution in [2.45, 2.75) is 19.8 Å². The van der Waals surface area contributed by atoms with E-state index in [4.69, 9.17) is 21.5 Å². The molecule has 0 saturated carbocycles. The van der Waals surface area contributed by atoms with E-state index in [1.54, 1.807) is 6.07 Å². The Kier molecular flexibility index (Phi) is 4.91. The van der Waals surface area contributed by atoms with Crippen LogP contribution in [0.2, 0.25) is 0 Å². The molecule has 0 aliphatic carbocycles. The van der Waals surface area contributed by atoms with Crippen molar-refractivity contribution >= 4 is 11.8 Å². The number of nitriles is 1. The Morgan fingerprint density at radius 2 is 2.00 bits per heavy atom. The van der Waals surface area contributed by atoms with Gasteiger partial charge in [-0.15, -0.1) is 0 Å². The van der Waals surface area contributed by atoms with E-state index >= 15 is 0 Å². The molecule has 0 fully saturated rings. The van der Waals surface area contributed by atoms with Gasteiger partial charge >= 0.3 is 0 Å². The van der Waals surface area contributed by atoms with Gasteiger partial charge in [-0.05, 0) is 18.6 Å². The fourth-order valence-corrected chi connectivity index (χ4v) is 1.98. The highest BCUT2D eigenvalue weighted by molar-refractivity contribution is 5.74. The Hall–Kier alpha value is -2.95. The van der Waals surface area contributed by atoms with Gasteiger partial charge in [0.15, 0.2) is 11.6 Å². The van der Waals surface area contributed by atoms with Crippen LogP contribution < -0.4 is 16.2 Å². The Morgan fingerprint density at radius 1 is 1.26 bits per heavy atom. The number of unbranched alkanes of at least 4 members (excludes halogenated alkanes) is 1. The van der Waals surface area contributed by atoms with Crippen LogP contribution in [0.15, 0.2) is 12.1 Å². The van der Waals surface area contributed by atoms with E-state index in [1.165, 1.54) is 6.07 Å². The first-order valence-corrected chi connectivity index (χ1v) is 6.93. The van der Waals surface area contributed by atoms with E-state index < -0.39 is 17.2 Å². The normalized spacial score (nSPS) is 10.3. The lowest BCUT2D eigenvalue weighted by Gasteiger charge is -2.12. The molecule has 120 valence electrons. The quantitative estimate of drug-likeness (QED) is 0.820. The van der Waals surface area contributed by atoms with Gasteiger partial charge in [0.1, 0.15) is 29.0 Å². The van der Waals surface area contributed by atoms with Crippen molar-refractivity contribution in [2.75, 3.05) is 18.1 Å². The van der Waals surface area contributed by atoms with Gasteiger partial charge in [-0.25, -0.2) is 13.8 Å². The van der Waals surface area contributed by atoms with Crippen LogP contribution in [0.5, 0.6) is 5.75 Å². The predicted octanol–water partition coefficient (Wildman–Crippen LogP) is 2.64. The van der Waals surface area contributed by atoms with Gasteiger partial charge in [0.25, 0.3) is 0 Å². The molecule has 1 aromatic heterocycles. The number of nitrogen functional groups attached to an aromatic ring is 2. The smallest absolute Gasteiger partial charge is 0.222 e. The Balaban J connectivity index is 2.60. The van der Waals surface area contributed by atoms with E-state index in [2.05, 4.69) is 9.97 Å². The van der Waals surface area contributed by atoms with Crippen LogP contribution in [0.1, 0.15) is 25.3 Å². The number of anilines is 2. The van der Waals surface area contributed by atoms with Crippen LogP contribution in [-0.2, 0) is 0 Å². The molecule has 0 amide bonds. The Labute approximate surface area is 131 Å². The van der Waals surface area contributed by atoms with Gasteiger partial charge in [-0.1, -0.05) is 13.3 Å². The van der Waals surface area contributed by atoms with Gasteiger partial charge in [0, 0.05) is 0 Å². The summed E-state index contributed by atoms with van der Waals surface area (Å²) < 4.78 is 34.0. The highest BCUT2D eigenvalue weighted by Crippen LogP contribution is 2.34. The number of aromatic nitrogens is 2. The molecule has 23 heavy (non-hydrogen) atoms. The number of halogens is 2. The van der Waals surface area contributed by atoms with Crippen molar-refractivity contribution in [1.29, 1.82) is 5.26 Å². The lowest BCUT2D eigenvalue weighted by atomic mass is 10.1. The molecule has 0 atom stereocenters. The van der Waals surface area contributed by atoms with E-state index in [0.29, 0.717) is 0 Å². The zero-order valence-corrected chi connectivity index (χ0v) is 12.4. The summed E-state index contributed by atoms with van der Waals surface area (Å²) in [7, 11) is 0. The van der Waals surface area contributed by atoms with Crippen LogP contribution in [0.3, 0.4) is 0 Å². The summed E-state index contributed by atoms with van der Waals surface area (Å²) in [5.41, 5.74) is 9.98. The molecule has 0 saturated heterocycles. The molecule has 8 heteroatoms. The zero-order valence-electron chi connectivity index (χ0n) is 12.4. The fraction of sp³-hybridized carbons (Fsp3) is 0.267. The van der Waals surface area contributed by atoms with Crippen molar-refractivity contribution < 1.29 is 13.5 Å². The second-order valence-corrected chi connectivity index (χ2v) is 4.74. The maximum Gasteiger partial charge on any atom is 0.222 e. The van der Waals surface area contributed by atoms with E-state index in [0.717, 1.165) is 18.9 Å². The number of rotatable bonds is 5. The molecule has 0 aliphatic rings. The molecule has 0 radical (unpaired) electrons. The largest absolute Gasteiger partial charge is 0.490 e. The first kappa shape index (κ1) is 16.4. The predicted molar refractivity (Wildman–Crippen MR) is 81.3 cm³/mol. The second kappa shape index (κ2) is 6.87. The monoisotopic (exact) mass is 319 g/mol. The number of hydrogen-bond acceptors (Lipinski definition) is 6. The third kappa shape index (κ3) is 3.29. The number of hydrogen-bond donors (Lipinski definition) is 2. The molecule has 6 nitrogen and oxygen atoms in total. The lowest BCUT2D eigenvalue weighted by Crippen LogP contribution is -2.07. The van der Waals surface area contributed by atoms with Crippen LogP contribution >= 0.6 is 0 Å². The molecule has 1 heterocycles. The van der Waals surface area contributed by atoms with Crippen LogP contribution in [0.4, 0.5) is 20.5 Å². The van der Waals surface area contributed by atoms with Crippen molar-refractivity contribution in [2.24, 2.45) is 0 Å². The molecule has 2 rings (SSSR count). The van der Waals surface area contributed by atoms with Gasteiger partial charge in [-0.3, -0.25) is 0 Å². The van der Waals surface area contributed by atoms with Crippen LogP contribution in [-0.4, -0.2) is 16.6 Å². The topological polar surface area (TPSA) is 111 Å². The summed E-state index contributed by atoms with van der Waals surface area (Å²) in [6.45, 7) is 2.25. The van der Waals surface area contributed by atoms with Gasteiger partial charge in [0.05, 0.1) is 12.2 Å². The minimum atomic E-state index is -0.963. The molecular formula is C15H15F2N5O. The van der Waals surface area contributed by atoms with Crippen LogP contribution in [0.25, 0.3) is 11.3 Å². The van der Waals surface area contributed by atoms with Crippen LogP contribution in [0, 0.1) is 23.0 Å². The fourth-order valence-electron chi connectivity index (χ4n) is 1.98. The first-order chi connectivity index (χ1) is 11.0. The third-order valence-corrected chi connectivity index (χ3v) is 3.11. The maximum absolute atomic E-state index is 14.6. The number of ether oxygens (including phenoxy) is 1. The third-order valence-electron chi connectivity index (χ3n) is 3.11. The SMILES string of the molecule is CCCCOc1ccc(F)c(-c2nc(N)nc(N)c2C#N)c1F. The highest BCUT2D eigenvalue weighted by atomic mass is 19.1. The zero-order chi connectivity index (χ0) is 17.0. The standard InChI is InChI=1S/C15H15F2N5O/c1-2-3-6-23-10-5-4-9(16)11(12(10)17)13-8(7-18)14(19)22-15(20)21-13/h4-5H,2-3,6H2,1H3,(H4,19,20,21,22). The van der Waals surface area contributed by atoms with Gasteiger partial charge < -0.3 is 16.2 Å². The van der Waals surface area contributed by atoms with E-state index in [9.17, 15) is 8.78 Å². The van der Waals surface area contributed by atoms with Crippen molar-refractivity contribution in [3.05, 3.63) is 29.3 Å². The number of benzene rings is 1. The van der Waals surface area contributed by atoms with Crippen molar-refractivity contribution in [3.8, 4) is 23.1 Å². The molecule has 0 aliphatic heterocycles. The Morgan fingerprint density at radius 3 is 2.65 bits per heavy atom. The van der Waals surface area contributed by atoms with Crippen molar-refractivity contribution in [1.82, 2.24) is 9.97 Å². The first-order valence-electron chi connectivity index (χ1n) is 6.93. The van der Waals surface area contributed by atoms with Crippen molar-refractivity contribution in [3.63, 3.8) is 0 Å². The number of nitrogens with zero attached hydrogens (tertiary/aromatic N) is 3. The minimum Gasteiger partial charge on any atom is -0.490 e. The lowest BCUT2D eigenvalue weighted by molar-refractivity contribution is 0.294. The van der Waals surface area contributed by atoms with Gasteiger partial charge in [0.2, 0.25) is 5.95 Å². The molecule has 4 N–H and O–H groups in total. The summed E-state index contributed by atoms with van der Waals surface area (Å²) in [5.74, 6) is -2.53. The molecule has 2 aromatic rings. The minimum absolute atomic E-state index is 0.130. The number of nitrogens with two attached hydrogens (primary N) is 2. The second-order valence-electron chi connectivity index (χ2n) is 4.74. The molecule has 0 unspecified atom stereocenters. The molecule has 0 spiro atoms. The van der Waals surface area contributed by atoms with Gasteiger partial charge in [-0.2, -0.15) is 10.2 Å².